The minimum absolute atomic E-state index is 0.122. The van der Waals surface area contributed by atoms with Crippen molar-refractivity contribution in [2.75, 3.05) is 18.1 Å². The van der Waals surface area contributed by atoms with E-state index in [1.54, 1.807) is 50.2 Å². The molecule has 0 saturated carbocycles. The topological polar surface area (TPSA) is 119 Å². The first kappa shape index (κ1) is 24.2. The molecule has 1 atom stereocenters. The van der Waals surface area contributed by atoms with Gasteiger partial charge in [0.2, 0.25) is 0 Å². The number of rotatable bonds is 8. The zero-order valence-electron chi connectivity index (χ0n) is 19.4. The van der Waals surface area contributed by atoms with Gasteiger partial charge >= 0.3 is 11.9 Å². The molecular formula is C25H24N2O7S. The predicted octanol–water partition coefficient (Wildman–Crippen LogP) is 4.64. The smallest absolute Gasteiger partial charge is 0.350 e. The summed E-state index contributed by atoms with van der Waals surface area (Å²) < 4.78 is 16.2. The third-order valence-electron chi connectivity index (χ3n) is 5.31. The van der Waals surface area contributed by atoms with Gasteiger partial charge in [0.25, 0.3) is 5.78 Å². The van der Waals surface area contributed by atoms with Crippen molar-refractivity contribution in [3.05, 3.63) is 70.1 Å². The van der Waals surface area contributed by atoms with Crippen LogP contribution in [0.1, 0.15) is 53.0 Å². The first-order chi connectivity index (χ1) is 16.9. The van der Waals surface area contributed by atoms with E-state index in [4.69, 9.17) is 13.9 Å². The predicted molar refractivity (Wildman–Crippen MR) is 129 cm³/mol. The number of amides is 1. The van der Waals surface area contributed by atoms with Crippen LogP contribution in [0.2, 0.25) is 0 Å². The summed E-state index contributed by atoms with van der Waals surface area (Å²) in [6.45, 7) is 6.04. The molecule has 4 rings (SSSR count). The Morgan fingerprint density at radius 1 is 1.20 bits per heavy atom. The van der Waals surface area contributed by atoms with E-state index in [0.717, 1.165) is 22.7 Å². The number of aliphatic hydroxyl groups excluding tert-OH is 1. The number of thiazole rings is 1. The fraction of sp³-hybridized carbons (Fsp3) is 0.280. The van der Waals surface area contributed by atoms with Gasteiger partial charge in [0.1, 0.15) is 28.2 Å². The van der Waals surface area contributed by atoms with Gasteiger partial charge in [-0.1, -0.05) is 18.3 Å². The molecule has 1 N–H and O–H groups in total. The summed E-state index contributed by atoms with van der Waals surface area (Å²) in [6, 6.07) is 8.73. The van der Waals surface area contributed by atoms with Crippen molar-refractivity contribution in [3.63, 3.8) is 0 Å². The summed E-state index contributed by atoms with van der Waals surface area (Å²) in [5, 5.41) is 11.3. The maximum atomic E-state index is 13.2. The number of nitrogens with zero attached hydrogens (tertiary/aromatic N) is 2. The van der Waals surface area contributed by atoms with Crippen LogP contribution in [0.25, 0.3) is 5.76 Å². The van der Waals surface area contributed by atoms with E-state index >= 15 is 0 Å². The van der Waals surface area contributed by atoms with Gasteiger partial charge in [-0.2, -0.15) is 0 Å². The molecule has 9 nitrogen and oxygen atoms in total. The number of aromatic nitrogens is 1. The van der Waals surface area contributed by atoms with E-state index in [1.807, 2.05) is 6.92 Å². The number of aryl methyl sites for hydroxylation is 1. The Kier molecular flexibility index (Phi) is 7.02. The molecule has 3 heterocycles. The van der Waals surface area contributed by atoms with Crippen LogP contribution in [-0.4, -0.2) is 41.0 Å². The van der Waals surface area contributed by atoms with Gasteiger partial charge in [-0.15, -0.1) is 0 Å². The van der Waals surface area contributed by atoms with Crippen LogP contribution in [0.15, 0.2) is 52.7 Å². The average Bonchev–Trinajstić information content (AvgIpc) is 3.57. The number of benzene rings is 1. The van der Waals surface area contributed by atoms with Crippen molar-refractivity contribution in [3.8, 4) is 5.75 Å². The molecule has 3 aromatic rings. The lowest BCUT2D eigenvalue weighted by Gasteiger charge is -2.20. The minimum Gasteiger partial charge on any atom is -0.507 e. The molecule has 1 aliphatic heterocycles. The molecule has 182 valence electrons. The Morgan fingerprint density at radius 3 is 2.57 bits per heavy atom. The second kappa shape index (κ2) is 10.1. The summed E-state index contributed by atoms with van der Waals surface area (Å²) in [5.74, 6) is -1.81. The molecule has 1 amide bonds. The molecule has 0 unspecified atom stereocenters. The molecule has 0 spiro atoms. The zero-order chi connectivity index (χ0) is 25.1. The molecule has 0 radical (unpaired) electrons. The number of hydrogen-bond donors (Lipinski definition) is 1. The van der Waals surface area contributed by atoms with Crippen molar-refractivity contribution < 1.29 is 33.4 Å². The van der Waals surface area contributed by atoms with Crippen LogP contribution in [0.4, 0.5) is 5.13 Å². The Bertz CT molecular complexity index is 1280. The number of carbonyl (C=O) groups is 3. The molecule has 0 bridgehead atoms. The van der Waals surface area contributed by atoms with Gasteiger partial charge in [0.05, 0.1) is 30.7 Å². The van der Waals surface area contributed by atoms with E-state index < -0.39 is 23.7 Å². The number of esters is 1. The van der Waals surface area contributed by atoms with Gasteiger partial charge in [-0.25, -0.2) is 9.78 Å². The fourth-order valence-electron chi connectivity index (χ4n) is 3.70. The number of ketones is 1. The van der Waals surface area contributed by atoms with Crippen molar-refractivity contribution in [1.82, 2.24) is 4.98 Å². The number of carbonyl (C=O) groups excluding carboxylic acids is 3. The summed E-state index contributed by atoms with van der Waals surface area (Å²) in [7, 11) is 0. The third-order valence-corrected chi connectivity index (χ3v) is 6.45. The SMILES string of the molecule is CCCOc1ccc(C(O)=C2C(=O)C(=O)N(c3nc(C)c(C(=O)OCC)s3)[C@@H]2c2ccco2)cc1. The zero-order valence-corrected chi connectivity index (χ0v) is 20.3. The second-order valence-electron chi connectivity index (χ2n) is 7.69. The quantitative estimate of drug-likeness (QED) is 0.207. The highest BCUT2D eigenvalue weighted by Crippen LogP contribution is 2.44. The van der Waals surface area contributed by atoms with Crippen LogP contribution in [0, 0.1) is 6.92 Å². The maximum absolute atomic E-state index is 13.2. The Morgan fingerprint density at radius 2 is 1.94 bits per heavy atom. The van der Waals surface area contributed by atoms with Crippen molar-refractivity contribution in [1.29, 1.82) is 0 Å². The van der Waals surface area contributed by atoms with Gasteiger partial charge in [0.15, 0.2) is 5.13 Å². The highest BCUT2D eigenvalue weighted by atomic mass is 32.1. The van der Waals surface area contributed by atoms with Crippen molar-refractivity contribution in [2.24, 2.45) is 0 Å². The largest absolute Gasteiger partial charge is 0.507 e. The number of Topliss-reactive ketones (excluding diaryl/α,β-unsaturated/α-hetero) is 1. The Labute approximate surface area is 205 Å². The number of ether oxygens (including phenoxy) is 2. The van der Waals surface area contributed by atoms with Crippen LogP contribution in [0.5, 0.6) is 5.75 Å². The van der Waals surface area contributed by atoms with Gasteiger partial charge in [0, 0.05) is 5.56 Å². The van der Waals surface area contributed by atoms with Crippen LogP contribution < -0.4 is 9.64 Å². The normalized spacial score (nSPS) is 17.1. The number of furan rings is 1. The van der Waals surface area contributed by atoms with Crippen LogP contribution in [-0.2, 0) is 14.3 Å². The van der Waals surface area contributed by atoms with E-state index in [2.05, 4.69) is 4.98 Å². The summed E-state index contributed by atoms with van der Waals surface area (Å²) in [4.78, 5) is 44.3. The van der Waals surface area contributed by atoms with E-state index in [-0.39, 0.29) is 33.7 Å². The first-order valence-corrected chi connectivity index (χ1v) is 11.9. The molecule has 1 fully saturated rings. The molecular weight excluding hydrogens is 472 g/mol. The Hall–Kier alpha value is -3.92. The highest BCUT2D eigenvalue weighted by molar-refractivity contribution is 7.17. The molecule has 10 heteroatoms. The molecule has 0 aliphatic carbocycles. The average molecular weight is 497 g/mol. The summed E-state index contributed by atoms with van der Waals surface area (Å²) in [6.07, 6.45) is 2.26. The first-order valence-electron chi connectivity index (χ1n) is 11.1. The van der Waals surface area contributed by atoms with Gasteiger partial charge < -0.3 is 19.0 Å². The second-order valence-corrected chi connectivity index (χ2v) is 8.67. The highest BCUT2D eigenvalue weighted by Gasteiger charge is 2.49. The number of hydrogen-bond acceptors (Lipinski definition) is 9. The van der Waals surface area contributed by atoms with Gasteiger partial charge in [-0.3, -0.25) is 14.5 Å². The van der Waals surface area contributed by atoms with Crippen LogP contribution >= 0.6 is 11.3 Å². The summed E-state index contributed by atoms with van der Waals surface area (Å²) in [5.41, 5.74) is 0.565. The van der Waals surface area contributed by atoms with Crippen LogP contribution in [0.3, 0.4) is 0 Å². The van der Waals surface area contributed by atoms with Gasteiger partial charge in [-0.05, 0) is 56.7 Å². The minimum atomic E-state index is -1.07. The lowest BCUT2D eigenvalue weighted by molar-refractivity contribution is -0.132. The lowest BCUT2D eigenvalue weighted by atomic mass is 9.99. The molecule has 2 aromatic heterocycles. The van der Waals surface area contributed by atoms with E-state index in [0.29, 0.717) is 23.6 Å². The lowest BCUT2D eigenvalue weighted by Crippen LogP contribution is -2.29. The van der Waals surface area contributed by atoms with Crippen molar-refractivity contribution in [2.45, 2.75) is 33.2 Å². The number of anilines is 1. The molecule has 1 aliphatic rings. The summed E-state index contributed by atoms with van der Waals surface area (Å²) >= 11 is 0.936. The number of aliphatic hydroxyl groups is 1. The monoisotopic (exact) mass is 496 g/mol. The third kappa shape index (κ3) is 4.57. The van der Waals surface area contributed by atoms with E-state index in [9.17, 15) is 19.5 Å². The maximum Gasteiger partial charge on any atom is 0.350 e. The molecule has 35 heavy (non-hydrogen) atoms. The van der Waals surface area contributed by atoms with E-state index in [1.165, 1.54) is 6.26 Å². The Balaban J connectivity index is 1.79. The molecule has 1 saturated heterocycles. The molecule has 1 aromatic carbocycles. The van der Waals surface area contributed by atoms with Crippen molar-refractivity contribution >= 4 is 39.9 Å². The fourth-order valence-corrected chi connectivity index (χ4v) is 4.69. The standard InChI is InChI=1S/C25H24N2O7S/c1-4-12-33-16-10-8-15(9-11-16)20(28)18-19(17-7-6-13-34-17)27(23(30)21(18)29)25-26-14(3)22(35-25)24(31)32-5-2/h6-11,13,19,28H,4-5,12H2,1-3H3/t19-/m1/s1.